The summed E-state index contributed by atoms with van der Waals surface area (Å²) in [5, 5.41) is 5.97. The first-order valence-electron chi connectivity index (χ1n) is 12.0. The van der Waals surface area contributed by atoms with Gasteiger partial charge in [0.1, 0.15) is 24.7 Å². The Labute approximate surface area is 206 Å². The van der Waals surface area contributed by atoms with Crippen LogP contribution in [-0.2, 0) is 4.79 Å². The molecule has 3 aromatic rings. The van der Waals surface area contributed by atoms with Crippen molar-refractivity contribution in [1.82, 2.24) is 4.90 Å². The van der Waals surface area contributed by atoms with Gasteiger partial charge in [0.2, 0.25) is 5.91 Å². The quantitative estimate of drug-likeness (QED) is 0.413. The summed E-state index contributed by atoms with van der Waals surface area (Å²) in [5.41, 5.74) is 2.11. The van der Waals surface area contributed by atoms with Crippen LogP contribution in [0.3, 0.4) is 0 Å². The summed E-state index contributed by atoms with van der Waals surface area (Å²) in [7, 11) is 0. The lowest BCUT2D eigenvalue weighted by molar-refractivity contribution is -0.114. The number of carbonyl (C=O) groups excluding carboxylic acids is 2. The lowest BCUT2D eigenvalue weighted by atomic mass is 10.1. The smallest absolute Gasteiger partial charge is 0.253 e. The highest BCUT2D eigenvalue weighted by Gasteiger charge is 2.17. The first kappa shape index (κ1) is 24.1. The Balaban J connectivity index is 1.19. The number of piperidine rings is 1. The van der Waals surface area contributed by atoms with Gasteiger partial charge in [-0.3, -0.25) is 9.59 Å². The molecule has 1 aliphatic rings. The van der Waals surface area contributed by atoms with E-state index in [1.165, 1.54) is 6.42 Å². The maximum absolute atomic E-state index is 12.6. The van der Waals surface area contributed by atoms with Crippen LogP contribution in [0, 0.1) is 0 Å². The number of hydrogen-bond donors (Lipinski definition) is 2. The fourth-order valence-electron chi connectivity index (χ4n) is 3.90. The molecule has 182 valence electrons. The zero-order chi connectivity index (χ0) is 24.3. The van der Waals surface area contributed by atoms with Crippen LogP contribution in [0.1, 0.15) is 29.6 Å². The molecule has 2 amide bonds. The normalized spacial score (nSPS) is 13.1. The van der Waals surface area contributed by atoms with Crippen molar-refractivity contribution in [3.8, 4) is 11.5 Å². The molecule has 1 heterocycles. The second-order valence-corrected chi connectivity index (χ2v) is 8.37. The fourth-order valence-corrected chi connectivity index (χ4v) is 3.90. The lowest BCUT2D eigenvalue weighted by Gasteiger charge is -2.26. The molecule has 7 heteroatoms. The second kappa shape index (κ2) is 12.5. The van der Waals surface area contributed by atoms with Crippen LogP contribution in [0.15, 0.2) is 78.9 Å². The number of anilines is 2. The molecule has 0 radical (unpaired) electrons. The molecule has 0 saturated carbocycles. The summed E-state index contributed by atoms with van der Waals surface area (Å²) in [4.78, 5) is 26.9. The summed E-state index contributed by atoms with van der Waals surface area (Å²) >= 11 is 0. The molecule has 0 spiro atoms. The molecular formula is C28H31N3O4. The molecule has 0 aromatic heterocycles. The molecule has 0 aliphatic carbocycles. The van der Waals surface area contributed by atoms with Crippen LogP contribution in [-0.4, -0.2) is 49.6 Å². The molecule has 1 saturated heterocycles. The monoisotopic (exact) mass is 473 g/mol. The maximum atomic E-state index is 12.6. The van der Waals surface area contributed by atoms with E-state index >= 15 is 0 Å². The zero-order valence-electron chi connectivity index (χ0n) is 19.7. The van der Waals surface area contributed by atoms with Crippen LogP contribution in [0.25, 0.3) is 0 Å². The molecule has 3 aromatic carbocycles. The molecule has 1 aliphatic heterocycles. The molecule has 7 nitrogen and oxygen atoms in total. The van der Waals surface area contributed by atoms with E-state index in [-0.39, 0.29) is 18.4 Å². The summed E-state index contributed by atoms with van der Waals surface area (Å²) in [6.45, 7) is 2.58. The molecule has 2 N–H and O–H groups in total. The van der Waals surface area contributed by atoms with E-state index in [1.54, 1.807) is 18.2 Å². The average molecular weight is 474 g/mol. The third kappa shape index (κ3) is 7.50. The van der Waals surface area contributed by atoms with E-state index in [2.05, 4.69) is 10.6 Å². The molecular weight excluding hydrogens is 442 g/mol. The minimum atomic E-state index is -0.178. The van der Waals surface area contributed by atoms with Gasteiger partial charge in [-0.2, -0.15) is 0 Å². The Morgan fingerprint density at radius 1 is 0.743 bits per heavy atom. The van der Waals surface area contributed by atoms with Crippen LogP contribution in [0.5, 0.6) is 11.5 Å². The number of carbonyl (C=O) groups is 2. The van der Waals surface area contributed by atoms with Gasteiger partial charge in [0.15, 0.2) is 0 Å². The number of nitrogens with one attached hydrogen (secondary N) is 2. The van der Waals surface area contributed by atoms with Gasteiger partial charge in [-0.1, -0.05) is 24.3 Å². The third-order valence-electron chi connectivity index (χ3n) is 5.71. The number of amides is 2. The number of likely N-dealkylation sites (tertiary alicyclic amines) is 1. The van der Waals surface area contributed by atoms with Crippen LogP contribution >= 0.6 is 0 Å². The van der Waals surface area contributed by atoms with Crippen molar-refractivity contribution in [3.63, 3.8) is 0 Å². The number of para-hydroxylation sites is 1. The number of rotatable bonds is 10. The van der Waals surface area contributed by atoms with Crippen LogP contribution in [0.4, 0.5) is 11.4 Å². The number of ether oxygens (including phenoxy) is 2. The first-order chi connectivity index (χ1) is 17.2. The molecule has 0 bridgehead atoms. The Bertz CT molecular complexity index is 1100. The van der Waals surface area contributed by atoms with Crippen molar-refractivity contribution >= 4 is 23.2 Å². The Kier molecular flexibility index (Phi) is 8.59. The number of nitrogens with zero attached hydrogens (tertiary/aromatic N) is 1. The van der Waals surface area contributed by atoms with Crippen molar-refractivity contribution in [2.75, 3.05) is 43.5 Å². The van der Waals surface area contributed by atoms with E-state index in [9.17, 15) is 9.59 Å². The Morgan fingerprint density at radius 3 is 2.17 bits per heavy atom. The largest absolute Gasteiger partial charge is 0.490 e. The SMILES string of the molecule is O=C(CNc1ccc(C(=O)N2CCCCC2)cc1)Nc1cccc(OCCOc2ccccc2)c1. The first-order valence-corrected chi connectivity index (χ1v) is 12.0. The molecule has 0 atom stereocenters. The second-order valence-electron chi connectivity index (χ2n) is 8.37. The number of benzene rings is 3. The molecule has 0 unspecified atom stereocenters. The van der Waals surface area contributed by atoms with Crippen LogP contribution < -0.4 is 20.1 Å². The van der Waals surface area contributed by atoms with Gasteiger partial charge in [-0.15, -0.1) is 0 Å². The van der Waals surface area contributed by atoms with Gasteiger partial charge in [-0.25, -0.2) is 0 Å². The average Bonchev–Trinajstić information content (AvgIpc) is 2.91. The number of hydrogen-bond acceptors (Lipinski definition) is 5. The predicted molar refractivity (Wildman–Crippen MR) is 137 cm³/mol. The summed E-state index contributed by atoms with van der Waals surface area (Å²) in [5.74, 6) is 1.35. The van der Waals surface area contributed by atoms with E-state index in [1.807, 2.05) is 65.6 Å². The molecule has 1 fully saturated rings. The highest BCUT2D eigenvalue weighted by atomic mass is 16.5. The third-order valence-corrected chi connectivity index (χ3v) is 5.71. The summed E-state index contributed by atoms with van der Waals surface area (Å²) in [6, 6.07) is 24.1. The zero-order valence-corrected chi connectivity index (χ0v) is 19.7. The minimum absolute atomic E-state index is 0.0720. The van der Waals surface area contributed by atoms with Crippen molar-refractivity contribution < 1.29 is 19.1 Å². The van der Waals surface area contributed by atoms with Gasteiger partial charge < -0.3 is 25.0 Å². The highest BCUT2D eigenvalue weighted by molar-refractivity contribution is 5.95. The lowest BCUT2D eigenvalue weighted by Crippen LogP contribution is -2.35. The van der Waals surface area contributed by atoms with Gasteiger partial charge in [0.25, 0.3) is 5.91 Å². The standard InChI is InChI=1S/C28H31N3O4/c32-27(21-29-23-14-12-22(13-15-23)28(33)31-16-5-2-6-17-31)30-24-8-7-11-26(20-24)35-19-18-34-25-9-3-1-4-10-25/h1,3-4,7-15,20,29H,2,5-6,16-19,21H2,(H,30,32). The van der Waals surface area contributed by atoms with Gasteiger partial charge >= 0.3 is 0 Å². The van der Waals surface area contributed by atoms with Gasteiger partial charge in [0.05, 0.1) is 6.54 Å². The van der Waals surface area contributed by atoms with Crippen molar-refractivity contribution in [1.29, 1.82) is 0 Å². The van der Waals surface area contributed by atoms with E-state index < -0.39 is 0 Å². The Morgan fingerprint density at radius 2 is 1.43 bits per heavy atom. The van der Waals surface area contributed by atoms with Crippen LogP contribution in [0.2, 0.25) is 0 Å². The molecule has 4 rings (SSSR count). The van der Waals surface area contributed by atoms with E-state index in [4.69, 9.17) is 9.47 Å². The summed E-state index contributed by atoms with van der Waals surface area (Å²) in [6.07, 6.45) is 3.33. The fraction of sp³-hybridized carbons (Fsp3) is 0.286. The topological polar surface area (TPSA) is 79.9 Å². The van der Waals surface area contributed by atoms with E-state index in [0.717, 1.165) is 37.4 Å². The predicted octanol–water partition coefficient (Wildman–Crippen LogP) is 4.82. The molecule has 35 heavy (non-hydrogen) atoms. The van der Waals surface area contributed by atoms with Gasteiger partial charge in [-0.05, 0) is 67.8 Å². The van der Waals surface area contributed by atoms with Crippen molar-refractivity contribution in [2.45, 2.75) is 19.3 Å². The minimum Gasteiger partial charge on any atom is -0.490 e. The maximum Gasteiger partial charge on any atom is 0.253 e. The van der Waals surface area contributed by atoms with Crippen molar-refractivity contribution in [3.05, 3.63) is 84.4 Å². The highest BCUT2D eigenvalue weighted by Crippen LogP contribution is 2.18. The Hall–Kier alpha value is -4.00. The van der Waals surface area contributed by atoms with E-state index in [0.29, 0.717) is 30.2 Å². The van der Waals surface area contributed by atoms with Gasteiger partial charge in [0, 0.05) is 36.1 Å². The summed E-state index contributed by atoms with van der Waals surface area (Å²) < 4.78 is 11.4. The van der Waals surface area contributed by atoms with Crippen molar-refractivity contribution in [2.24, 2.45) is 0 Å².